The maximum Gasteiger partial charge on any atom is 0.341 e. The molecule has 0 saturated carbocycles. The summed E-state index contributed by atoms with van der Waals surface area (Å²) in [7, 11) is 0. The molecule has 0 unspecified atom stereocenters. The number of carbonyl (C=O) groups is 3. The van der Waals surface area contributed by atoms with Crippen molar-refractivity contribution in [3.05, 3.63) is 81.2 Å². The van der Waals surface area contributed by atoms with E-state index in [0.29, 0.717) is 28.1 Å². The number of ether oxygens (including phenoxy) is 1. The third kappa shape index (κ3) is 6.11. The number of nitrogens with one attached hydrogen (secondary N) is 1. The number of non-ortho nitro benzene ring substituents is 1. The monoisotopic (exact) mass is 466 g/mol. The van der Waals surface area contributed by atoms with E-state index in [1.54, 1.807) is 42.6 Å². The summed E-state index contributed by atoms with van der Waals surface area (Å²) in [5, 5.41) is 15.8. The largest absolute Gasteiger partial charge is 0.462 e. The van der Waals surface area contributed by atoms with Gasteiger partial charge in [-0.3, -0.25) is 19.7 Å². The molecule has 0 radical (unpaired) electrons. The van der Waals surface area contributed by atoms with Crippen molar-refractivity contribution >= 4 is 39.7 Å². The van der Waals surface area contributed by atoms with Crippen LogP contribution in [0.25, 0.3) is 11.1 Å². The van der Waals surface area contributed by atoms with Gasteiger partial charge in [-0.1, -0.05) is 42.5 Å². The van der Waals surface area contributed by atoms with Gasteiger partial charge in [-0.05, 0) is 18.9 Å². The van der Waals surface area contributed by atoms with E-state index in [1.165, 1.54) is 18.2 Å². The zero-order valence-corrected chi connectivity index (χ0v) is 18.7. The van der Waals surface area contributed by atoms with Crippen molar-refractivity contribution in [2.75, 3.05) is 11.9 Å². The van der Waals surface area contributed by atoms with E-state index in [2.05, 4.69) is 5.32 Å². The van der Waals surface area contributed by atoms with Crippen LogP contribution in [0.5, 0.6) is 0 Å². The number of ketones is 1. The lowest BCUT2D eigenvalue weighted by Gasteiger charge is -2.09. The number of anilines is 1. The van der Waals surface area contributed by atoms with Crippen LogP contribution in [0.15, 0.2) is 60.0 Å². The molecule has 0 atom stereocenters. The van der Waals surface area contributed by atoms with Crippen molar-refractivity contribution in [2.24, 2.45) is 0 Å². The highest BCUT2D eigenvalue weighted by Gasteiger charge is 2.23. The van der Waals surface area contributed by atoms with E-state index in [0.717, 1.165) is 11.3 Å². The molecule has 9 heteroatoms. The molecule has 3 aromatic rings. The summed E-state index contributed by atoms with van der Waals surface area (Å²) >= 11 is 1.13. The fraction of sp³-hybridized carbons (Fsp3) is 0.208. The topological polar surface area (TPSA) is 116 Å². The van der Waals surface area contributed by atoms with Crippen LogP contribution in [0.2, 0.25) is 0 Å². The molecule has 1 aromatic heterocycles. The Labute approximate surface area is 194 Å². The number of amides is 1. The molecule has 33 heavy (non-hydrogen) atoms. The van der Waals surface area contributed by atoms with Crippen LogP contribution >= 0.6 is 11.3 Å². The molecule has 0 aliphatic heterocycles. The lowest BCUT2D eigenvalue weighted by atomic mass is 10.0. The number of hydrogen-bond acceptors (Lipinski definition) is 7. The van der Waals surface area contributed by atoms with Gasteiger partial charge >= 0.3 is 5.97 Å². The fourth-order valence-electron chi connectivity index (χ4n) is 3.22. The van der Waals surface area contributed by atoms with Crippen LogP contribution in [-0.2, 0) is 9.53 Å². The normalized spacial score (nSPS) is 10.5. The molecular weight excluding hydrogens is 444 g/mol. The van der Waals surface area contributed by atoms with E-state index in [9.17, 15) is 24.5 Å². The summed E-state index contributed by atoms with van der Waals surface area (Å²) in [4.78, 5) is 47.9. The molecule has 1 amide bonds. The summed E-state index contributed by atoms with van der Waals surface area (Å²) < 4.78 is 5.15. The summed E-state index contributed by atoms with van der Waals surface area (Å²) in [6.07, 6.45) is 0.688. The van der Waals surface area contributed by atoms with Gasteiger partial charge in [0.25, 0.3) is 5.69 Å². The highest BCUT2D eigenvalue weighted by Crippen LogP contribution is 2.37. The minimum atomic E-state index is -0.630. The Bertz CT molecular complexity index is 1170. The van der Waals surface area contributed by atoms with E-state index < -0.39 is 10.9 Å². The molecular formula is C24H22N2O6S. The third-order valence-corrected chi connectivity index (χ3v) is 5.69. The van der Waals surface area contributed by atoms with Crippen LogP contribution in [0.1, 0.15) is 46.9 Å². The maximum absolute atomic E-state index is 12.6. The predicted octanol–water partition coefficient (Wildman–Crippen LogP) is 5.49. The van der Waals surface area contributed by atoms with Crippen LogP contribution < -0.4 is 5.32 Å². The second kappa shape index (κ2) is 11.1. The Morgan fingerprint density at radius 2 is 1.82 bits per heavy atom. The second-order valence-electron chi connectivity index (χ2n) is 7.07. The van der Waals surface area contributed by atoms with Gasteiger partial charge in [0.1, 0.15) is 10.6 Å². The van der Waals surface area contributed by atoms with Crippen LogP contribution in [0.4, 0.5) is 10.7 Å². The Balaban J connectivity index is 1.74. The predicted molar refractivity (Wildman–Crippen MR) is 126 cm³/mol. The number of carbonyl (C=O) groups excluding carboxylic acids is 3. The van der Waals surface area contributed by atoms with E-state index in [-0.39, 0.29) is 42.4 Å². The number of nitro groups is 1. The second-order valence-corrected chi connectivity index (χ2v) is 7.95. The molecule has 0 aliphatic carbocycles. The maximum atomic E-state index is 12.6. The zero-order valence-electron chi connectivity index (χ0n) is 17.9. The van der Waals surface area contributed by atoms with Crippen LogP contribution in [-0.4, -0.2) is 29.2 Å². The number of rotatable bonds is 10. The standard InChI is InChI=1S/C24H22N2O6S/c1-2-32-24(29)22-19(17-10-6-11-18(14-17)26(30)31)15-33-23(22)25-21(28)13-7-12-20(27)16-8-4-3-5-9-16/h3-6,8-11,14-15H,2,7,12-13H2,1H3,(H,25,28). The van der Waals surface area contributed by atoms with Crippen molar-refractivity contribution in [1.82, 2.24) is 0 Å². The van der Waals surface area contributed by atoms with Gasteiger partial charge in [-0.25, -0.2) is 4.79 Å². The SMILES string of the molecule is CCOC(=O)c1c(-c2cccc([N+](=O)[O-])c2)csc1NC(=O)CCCC(=O)c1ccccc1. The molecule has 8 nitrogen and oxygen atoms in total. The summed E-state index contributed by atoms with van der Waals surface area (Å²) in [5.74, 6) is -1.01. The van der Waals surface area contributed by atoms with Crippen molar-refractivity contribution in [1.29, 1.82) is 0 Å². The average molecular weight is 467 g/mol. The molecule has 1 N–H and O–H groups in total. The van der Waals surface area contributed by atoms with Crippen molar-refractivity contribution in [3.8, 4) is 11.1 Å². The van der Waals surface area contributed by atoms with Gasteiger partial charge in [0, 0.05) is 41.5 Å². The first kappa shape index (κ1) is 23.8. The number of esters is 1. The first-order valence-electron chi connectivity index (χ1n) is 10.3. The molecule has 0 fully saturated rings. The first-order valence-corrected chi connectivity index (χ1v) is 11.2. The Morgan fingerprint density at radius 3 is 2.52 bits per heavy atom. The lowest BCUT2D eigenvalue weighted by molar-refractivity contribution is -0.384. The average Bonchev–Trinajstić information content (AvgIpc) is 3.23. The van der Waals surface area contributed by atoms with Crippen molar-refractivity contribution < 1.29 is 24.0 Å². The summed E-state index contributed by atoms with van der Waals surface area (Å²) in [5.41, 5.74) is 1.55. The number of nitro benzene ring substituents is 1. The number of Topliss-reactive ketones (excluding diaryl/α,β-unsaturated/α-hetero) is 1. The van der Waals surface area contributed by atoms with Gasteiger partial charge in [0.2, 0.25) is 5.91 Å². The number of nitrogens with zero attached hydrogens (tertiary/aromatic N) is 1. The van der Waals surface area contributed by atoms with Crippen molar-refractivity contribution in [2.45, 2.75) is 26.2 Å². The van der Waals surface area contributed by atoms with Crippen molar-refractivity contribution in [3.63, 3.8) is 0 Å². The van der Waals surface area contributed by atoms with Gasteiger partial charge < -0.3 is 10.1 Å². The molecule has 2 aromatic carbocycles. The number of benzene rings is 2. The highest BCUT2D eigenvalue weighted by molar-refractivity contribution is 7.15. The Hall–Kier alpha value is -3.85. The van der Waals surface area contributed by atoms with Gasteiger partial charge in [-0.15, -0.1) is 11.3 Å². The van der Waals surface area contributed by atoms with E-state index >= 15 is 0 Å². The fourth-order valence-corrected chi connectivity index (χ4v) is 4.20. The summed E-state index contributed by atoms with van der Waals surface area (Å²) in [6, 6.07) is 14.8. The van der Waals surface area contributed by atoms with Gasteiger partial charge in [0.15, 0.2) is 5.78 Å². The molecule has 0 spiro atoms. The van der Waals surface area contributed by atoms with E-state index in [4.69, 9.17) is 4.74 Å². The number of thiophene rings is 1. The number of hydrogen-bond donors (Lipinski definition) is 1. The summed E-state index contributed by atoms with van der Waals surface area (Å²) in [6.45, 7) is 1.80. The molecule has 1 heterocycles. The molecule has 0 saturated heterocycles. The third-order valence-electron chi connectivity index (χ3n) is 4.79. The molecule has 0 bridgehead atoms. The minimum absolute atomic E-state index is 0.0419. The van der Waals surface area contributed by atoms with Crippen LogP contribution in [0.3, 0.4) is 0 Å². The Kier molecular flexibility index (Phi) is 8.04. The lowest BCUT2D eigenvalue weighted by Crippen LogP contribution is -2.15. The van der Waals surface area contributed by atoms with Gasteiger partial charge in [-0.2, -0.15) is 0 Å². The minimum Gasteiger partial charge on any atom is -0.462 e. The highest BCUT2D eigenvalue weighted by atomic mass is 32.1. The van der Waals surface area contributed by atoms with Crippen LogP contribution in [0, 0.1) is 10.1 Å². The van der Waals surface area contributed by atoms with E-state index in [1.807, 2.05) is 6.07 Å². The van der Waals surface area contributed by atoms with Gasteiger partial charge in [0.05, 0.1) is 11.5 Å². The quantitative estimate of drug-likeness (QED) is 0.183. The first-order chi connectivity index (χ1) is 15.9. The molecule has 170 valence electrons. The Morgan fingerprint density at radius 1 is 1.06 bits per heavy atom. The molecule has 0 aliphatic rings. The smallest absolute Gasteiger partial charge is 0.341 e. The zero-order chi connectivity index (χ0) is 23.8. The molecule has 3 rings (SSSR count).